The third-order valence-corrected chi connectivity index (χ3v) is 1.28. The maximum atomic E-state index is 10.1. The SMILES string of the molecule is CC(O)CN(C)CCC(=O)O. The molecule has 0 saturated carbocycles. The Morgan fingerprint density at radius 2 is 2.18 bits per heavy atom. The normalized spacial score (nSPS) is 13.5. The van der Waals surface area contributed by atoms with E-state index >= 15 is 0 Å². The average Bonchev–Trinajstić information content (AvgIpc) is 1.82. The van der Waals surface area contributed by atoms with Gasteiger partial charge in [-0.3, -0.25) is 4.79 Å². The zero-order valence-electron chi connectivity index (χ0n) is 6.95. The van der Waals surface area contributed by atoms with Crippen LogP contribution in [-0.4, -0.2) is 47.3 Å². The quantitative estimate of drug-likeness (QED) is 0.585. The number of nitrogens with zero attached hydrogens (tertiary/aromatic N) is 1. The van der Waals surface area contributed by atoms with Crippen molar-refractivity contribution in [3.8, 4) is 0 Å². The first kappa shape index (κ1) is 10.4. The zero-order chi connectivity index (χ0) is 8.85. The maximum Gasteiger partial charge on any atom is 0.304 e. The van der Waals surface area contributed by atoms with E-state index in [1.807, 2.05) is 0 Å². The molecule has 66 valence electrons. The molecular formula is C7H15NO3. The Kier molecular flexibility index (Phi) is 4.81. The van der Waals surface area contributed by atoms with Crippen molar-refractivity contribution in [2.75, 3.05) is 20.1 Å². The molecule has 0 fully saturated rings. The summed E-state index contributed by atoms with van der Waals surface area (Å²) in [7, 11) is 1.79. The lowest BCUT2D eigenvalue weighted by molar-refractivity contribution is -0.137. The summed E-state index contributed by atoms with van der Waals surface area (Å²) in [6.07, 6.45) is -0.266. The van der Waals surface area contributed by atoms with E-state index in [9.17, 15) is 4.79 Å². The van der Waals surface area contributed by atoms with Gasteiger partial charge in [0.2, 0.25) is 0 Å². The summed E-state index contributed by atoms with van der Waals surface area (Å²) >= 11 is 0. The molecule has 0 aliphatic rings. The van der Waals surface area contributed by atoms with Crippen LogP contribution in [0.4, 0.5) is 0 Å². The lowest BCUT2D eigenvalue weighted by Crippen LogP contribution is -2.29. The summed E-state index contributed by atoms with van der Waals surface area (Å²) in [6.45, 7) is 2.69. The van der Waals surface area contributed by atoms with Crippen LogP contribution in [0.3, 0.4) is 0 Å². The van der Waals surface area contributed by atoms with Gasteiger partial charge in [-0.1, -0.05) is 0 Å². The second-order valence-electron chi connectivity index (χ2n) is 2.76. The molecule has 0 aromatic rings. The van der Waals surface area contributed by atoms with Gasteiger partial charge in [-0.05, 0) is 14.0 Å². The van der Waals surface area contributed by atoms with E-state index in [0.717, 1.165) is 0 Å². The standard InChI is InChI=1S/C7H15NO3/c1-6(9)5-8(2)4-3-7(10)11/h6,9H,3-5H2,1-2H3,(H,10,11). The van der Waals surface area contributed by atoms with Gasteiger partial charge in [0.25, 0.3) is 0 Å². The van der Waals surface area contributed by atoms with E-state index in [1.165, 1.54) is 0 Å². The fraction of sp³-hybridized carbons (Fsp3) is 0.857. The molecule has 4 nitrogen and oxygen atoms in total. The number of rotatable bonds is 5. The van der Waals surface area contributed by atoms with E-state index in [1.54, 1.807) is 18.9 Å². The Balaban J connectivity index is 3.37. The first-order valence-electron chi connectivity index (χ1n) is 3.60. The highest BCUT2D eigenvalue weighted by molar-refractivity contribution is 5.66. The molecule has 0 radical (unpaired) electrons. The minimum Gasteiger partial charge on any atom is -0.481 e. The molecule has 0 amide bonds. The summed E-state index contributed by atoms with van der Waals surface area (Å²) < 4.78 is 0. The van der Waals surface area contributed by atoms with Crippen molar-refractivity contribution >= 4 is 5.97 Å². The van der Waals surface area contributed by atoms with Crippen LogP contribution in [0, 0.1) is 0 Å². The van der Waals surface area contributed by atoms with Gasteiger partial charge in [0.1, 0.15) is 0 Å². The molecule has 0 rings (SSSR count). The van der Waals surface area contributed by atoms with Crippen LogP contribution in [-0.2, 0) is 4.79 Å². The number of hydrogen-bond donors (Lipinski definition) is 2. The molecule has 0 aromatic heterocycles. The van der Waals surface area contributed by atoms with Gasteiger partial charge in [-0.25, -0.2) is 0 Å². The minimum absolute atomic E-state index is 0.128. The van der Waals surface area contributed by atoms with Crippen molar-refractivity contribution in [2.24, 2.45) is 0 Å². The second kappa shape index (κ2) is 5.09. The summed E-state index contributed by atoms with van der Waals surface area (Å²) in [6, 6.07) is 0. The number of aliphatic carboxylic acids is 1. The summed E-state index contributed by atoms with van der Waals surface area (Å²) in [5.41, 5.74) is 0. The van der Waals surface area contributed by atoms with Crippen molar-refractivity contribution in [2.45, 2.75) is 19.4 Å². The van der Waals surface area contributed by atoms with Crippen LogP contribution in [0.5, 0.6) is 0 Å². The van der Waals surface area contributed by atoms with Gasteiger partial charge in [0.05, 0.1) is 12.5 Å². The molecule has 2 N–H and O–H groups in total. The fourth-order valence-electron chi connectivity index (χ4n) is 0.829. The molecule has 1 atom stereocenters. The van der Waals surface area contributed by atoms with Crippen molar-refractivity contribution < 1.29 is 15.0 Å². The number of aliphatic hydroxyl groups is 1. The first-order valence-corrected chi connectivity index (χ1v) is 3.60. The van der Waals surface area contributed by atoms with Gasteiger partial charge in [0, 0.05) is 13.1 Å². The van der Waals surface area contributed by atoms with Crippen LogP contribution < -0.4 is 0 Å². The van der Waals surface area contributed by atoms with E-state index in [-0.39, 0.29) is 6.42 Å². The summed E-state index contributed by atoms with van der Waals surface area (Å²) in [4.78, 5) is 11.9. The molecule has 4 heteroatoms. The predicted octanol–water partition coefficient (Wildman–Crippen LogP) is -0.226. The Bertz CT molecular complexity index is 125. The highest BCUT2D eigenvalue weighted by atomic mass is 16.4. The van der Waals surface area contributed by atoms with Crippen molar-refractivity contribution in [3.63, 3.8) is 0 Å². The molecule has 1 unspecified atom stereocenters. The molecule has 0 heterocycles. The molecule has 0 aliphatic heterocycles. The van der Waals surface area contributed by atoms with E-state index < -0.39 is 12.1 Å². The van der Waals surface area contributed by atoms with Crippen molar-refractivity contribution in [3.05, 3.63) is 0 Å². The van der Waals surface area contributed by atoms with Crippen molar-refractivity contribution in [1.29, 1.82) is 0 Å². The minimum atomic E-state index is -0.803. The van der Waals surface area contributed by atoms with Crippen LogP contribution in [0.1, 0.15) is 13.3 Å². The number of carbonyl (C=O) groups is 1. The van der Waals surface area contributed by atoms with Gasteiger partial charge >= 0.3 is 5.97 Å². The molecule has 0 aromatic carbocycles. The Morgan fingerprint density at radius 1 is 1.64 bits per heavy atom. The molecular weight excluding hydrogens is 146 g/mol. The molecule has 11 heavy (non-hydrogen) atoms. The van der Waals surface area contributed by atoms with Gasteiger partial charge in [-0.2, -0.15) is 0 Å². The number of aliphatic hydroxyl groups excluding tert-OH is 1. The maximum absolute atomic E-state index is 10.1. The molecule has 0 aliphatic carbocycles. The Hall–Kier alpha value is -0.610. The van der Waals surface area contributed by atoms with Gasteiger partial charge in [0.15, 0.2) is 0 Å². The zero-order valence-corrected chi connectivity index (χ0v) is 6.95. The van der Waals surface area contributed by atoms with E-state index in [4.69, 9.17) is 10.2 Å². The largest absolute Gasteiger partial charge is 0.481 e. The van der Waals surface area contributed by atoms with E-state index in [2.05, 4.69) is 0 Å². The van der Waals surface area contributed by atoms with Crippen LogP contribution in [0.15, 0.2) is 0 Å². The van der Waals surface area contributed by atoms with Gasteiger partial charge in [-0.15, -0.1) is 0 Å². The van der Waals surface area contributed by atoms with Gasteiger partial charge < -0.3 is 15.1 Å². The van der Waals surface area contributed by atoms with Crippen molar-refractivity contribution in [1.82, 2.24) is 4.90 Å². The lowest BCUT2D eigenvalue weighted by atomic mass is 10.3. The number of likely N-dealkylation sites (N-methyl/N-ethyl adjacent to an activating group) is 1. The molecule has 0 saturated heterocycles. The topological polar surface area (TPSA) is 60.8 Å². The first-order chi connectivity index (χ1) is 5.02. The fourth-order valence-corrected chi connectivity index (χ4v) is 0.829. The third kappa shape index (κ3) is 7.29. The highest BCUT2D eigenvalue weighted by Crippen LogP contribution is 1.90. The van der Waals surface area contributed by atoms with E-state index in [0.29, 0.717) is 13.1 Å². The number of carboxylic acid groups (broad SMARTS) is 1. The van der Waals surface area contributed by atoms with Crippen LogP contribution >= 0.6 is 0 Å². The van der Waals surface area contributed by atoms with Crippen LogP contribution in [0.2, 0.25) is 0 Å². The highest BCUT2D eigenvalue weighted by Gasteiger charge is 2.04. The second-order valence-corrected chi connectivity index (χ2v) is 2.76. The Labute approximate surface area is 66.4 Å². The smallest absolute Gasteiger partial charge is 0.304 e. The molecule has 0 spiro atoms. The average molecular weight is 161 g/mol. The lowest BCUT2D eigenvalue weighted by Gasteiger charge is -2.16. The Morgan fingerprint density at radius 3 is 2.55 bits per heavy atom. The van der Waals surface area contributed by atoms with Crippen LogP contribution in [0.25, 0.3) is 0 Å². The summed E-state index contributed by atoms with van der Waals surface area (Å²) in [5, 5.41) is 17.2. The molecule has 0 bridgehead atoms. The third-order valence-electron chi connectivity index (χ3n) is 1.28. The summed E-state index contributed by atoms with van der Waals surface area (Å²) in [5.74, 6) is -0.803. The monoisotopic (exact) mass is 161 g/mol. The predicted molar refractivity (Wildman–Crippen MR) is 41.4 cm³/mol. The number of carboxylic acids is 1. The number of hydrogen-bond acceptors (Lipinski definition) is 3.